The minimum absolute atomic E-state index is 0.00690. The third-order valence-electron chi connectivity index (χ3n) is 8.01. The fourth-order valence-electron chi connectivity index (χ4n) is 5.66. The molecule has 1 aromatic carbocycles. The Bertz CT molecular complexity index is 1550. The summed E-state index contributed by atoms with van der Waals surface area (Å²) in [5.41, 5.74) is 4.58. The average molecular weight is 593 g/mol. The van der Waals surface area contributed by atoms with Crippen LogP contribution >= 0.6 is 0 Å². The molecule has 1 saturated heterocycles. The number of carbonyl (C=O) groups excluding carboxylic acids is 1. The van der Waals surface area contributed by atoms with Crippen LogP contribution in [0.3, 0.4) is 0 Å². The second-order valence-corrected chi connectivity index (χ2v) is 13.4. The number of fused-ring (bicyclic) bond motifs is 1. The Morgan fingerprint density at radius 2 is 1.90 bits per heavy atom. The number of piperazine rings is 1. The summed E-state index contributed by atoms with van der Waals surface area (Å²) in [5.74, 6) is 1.04. The van der Waals surface area contributed by atoms with Gasteiger partial charge in [-0.3, -0.25) is 13.9 Å². The van der Waals surface area contributed by atoms with Crippen molar-refractivity contribution in [2.24, 2.45) is 0 Å². The molecule has 3 aromatic rings. The summed E-state index contributed by atoms with van der Waals surface area (Å²) in [6.07, 6.45) is 1.84. The van der Waals surface area contributed by atoms with Gasteiger partial charge < -0.3 is 24.8 Å². The molecule has 0 spiro atoms. The standard InChI is InChI=1S/C31H40N6O4S/c1-19(2)42(40)37-18-20(3)29-24(30(38)33-17-25-27(41-6)13-21(4)34-31(25)39)14-23(15-26(29)37)22-7-8-28(32-16-22)36-11-9-35(5)10-12-36/h7-8,13-16,19-20H,9-12,17-18H2,1-6H3,(H,33,38)(H,34,39). The molecule has 2 aromatic heterocycles. The average Bonchev–Trinajstić information content (AvgIpc) is 3.31. The molecule has 0 saturated carbocycles. The van der Waals surface area contributed by atoms with Gasteiger partial charge in [-0.2, -0.15) is 0 Å². The number of nitrogens with zero attached hydrogens (tertiary/aromatic N) is 4. The lowest BCUT2D eigenvalue weighted by Gasteiger charge is -2.33. The van der Waals surface area contributed by atoms with Crippen molar-refractivity contribution in [3.05, 3.63) is 69.3 Å². The first-order valence-electron chi connectivity index (χ1n) is 14.4. The van der Waals surface area contributed by atoms with E-state index in [0.29, 0.717) is 29.1 Å². The van der Waals surface area contributed by atoms with Gasteiger partial charge >= 0.3 is 0 Å². The SMILES string of the molecule is COc1cc(C)[nH]c(=O)c1CNC(=O)c1cc(-c2ccc(N3CCN(C)CC3)nc2)cc2c1C(C)CN2S(=O)C(C)C. The number of methoxy groups -OCH3 is 1. The van der Waals surface area contributed by atoms with Crippen LogP contribution in [-0.4, -0.2) is 77.1 Å². The van der Waals surface area contributed by atoms with Gasteiger partial charge in [0.15, 0.2) is 0 Å². The molecule has 5 rings (SSSR count). The van der Waals surface area contributed by atoms with Crippen molar-refractivity contribution in [3.63, 3.8) is 0 Å². The lowest BCUT2D eigenvalue weighted by molar-refractivity contribution is 0.0949. The number of amides is 1. The van der Waals surface area contributed by atoms with Crippen molar-refractivity contribution in [1.29, 1.82) is 0 Å². The number of benzene rings is 1. The number of pyridine rings is 2. The van der Waals surface area contributed by atoms with E-state index in [9.17, 15) is 13.8 Å². The van der Waals surface area contributed by atoms with Gasteiger partial charge in [-0.1, -0.05) is 6.92 Å². The number of ether oxygens (including phenoxy) is 1. The fourth-order valence-corrected chi connectivity index (χ4v) is 6.88. The zero-order chi connectivity index (χ0) is 30.1. The van der Waals surface area contributed by atoms with Crippen LogP contribution in [-0.2, 0) is 17.5 Å². The number of likely N-dealkylation sites (N-methyl/N-ethyl adjacent to an activating group) is 1. The zero-order valence-electron chi connectivity index (χ0n) is 25.2. The Labute approximate surface area is 249 Å². The first-order valence-corrected chi connectivity index (χ1v) is 15.6. The van der Waals surface area contributed by atoms with E-state index in [1.807, 2.05) is 55.5 Å². The van der Waals surface area contributed by atoms with Crippen LogP contribution in [0, 0.1) is 6.92 Å². The molecule has 224 valence electrons. The minimum Gasteiger partial charge on any atom is -0.496 e. The van der Waals surface area contributed by atoms with Crippen molar-refractivity contribution in [1.82, 2.24) is 20.2 Å². The molecule has 1 amide bonds. The van der Waals surface area contributed by atoms with E-state index < -0.39 is 11.0 Å². The Kier molecular flexibility index (Phi) is 8.70. The molecular formula is C31H40N6O4S. The number of H-pyrrole nitrogens is 1. The molecule has 11 heteroatoms. The maximum Gasteiger partial charge on any atom is 0.256 e. The van der Waals surface area contributed by atoms with Crippen LogP contribution in [0.15, 0.2) is 41.3 Å². The number of aromatic amines is 1. The lowest BCUT2D eigenvalue weighted by Crippen LogP contribution is -2.44. The smallest absolute Gasteiger partial charge is 0.256 e. The first kappa shape index (κ1) is 29.8. The molecule has 42 heavy (non-hydrogen) atoms. The minimum atomic E-state index is -1.26. The van der Waals surface area contributed by atoms with E-state index in [0.717, 1.165) is 54.4 Å². The number of carbonyl (C=O) groups is 1. The van der Waals surface area contributed by atoms with Gasteiger partial charge in [0, 0.05) is 66.9 Å². The van der Waals surface area contributed by atoms with E-state index in [4.69, 9.17) is 9.72 Å². The van der Waals surface area contributed by atoms with Gasteiger partial charge in [0.05, 0.1) is 24.9 Å². The second kappa shape index (κ2) is 12.3. The highest BCUT2D eigenvalue weighted by atomic mass is 32.2. The zero-order valence-corrected chi connectivity index (χ0v) is 26.0. The van der Waals surface area contributed by atoms with Gasteiger partial charge in [0.1, 0.15) is 22.6 Å². The van der Waals surface area contributed by atoms with Crippen molar-refractivity contribution in [2.75, 3.05) is 56.1 Å². The first-order chi connectivity index (χ1) is 20.1. The molecule has 4 heterocycles. The normalized spacial score (nSPS) is 17.8. The van der Waals surface area contributed by atoms with Crippen molar-refractivity contribution in [2.45, 2.75) is 45.4 Å². The number of aromatic nitrogens is 2. The molecule has 1 fully saturated rings. The third-order valence-corrected chi connectivity index (χ3v) is 9.60. The summed E-state index contributed by atoms with van der Waals surface area (Å²) in [7, 11) is 2.38. The van der Waals surface area contributed by atoms with E-state index in [1.54, 1.807) is 13.0 Å². The van der Waals surface area contributed by atoms with Crippen LogP contribution in [0.5, 0.6) is 5.75 Å². The summed E-state index contributed by atoms with van der Waals surface area (Å²) < 4.78 is 20.7. The van der Waals surface area contributed by atoms with Crippen molar-refractivity contribution >= 4 is 28.4 Å². The molecule has 10 nitrogen and oxygen atoms in total. The predicted molar refractivity (Wildman–Crippen MR) is 168 cm³/mol. The topological polar surface area (TPSA) is 111 Å². The Hall–Kier alpha value is -3.70. The Balaban J connectivity index is 1.51. The molecule has 2 unspecified atom stereocenters. The maximum atomic E-state index is 13.8. The maximum absolute atomic E-state index is 13.8. The summed E-state index contributed by atoms with van der Waals surface area (Å²) >= 11 is 0. The third kappa shape index (κ3) is 5.94. The van der Waals surface area contributed by atoms with E-state index in [-0.39, 0.29) is 29.2 Å². The van der Waals surface area contributed by atoms with Crippen molar-refractivity contribution in [3.8, 4) is 16.9 Å². The van der Waals surface area contributed by atoms with Gasteiger partial charge in [0.25, 0.3) is 11.5 Å². The van der Waals surface area contributed by atoms with Crippen LogP contribution in [0.4, 0.5) is 11.5 Å². The number of nitrogens with one attached hydrogen (secondary N) is 2. The number of hydrogen-bond acceptors (Lipinski definition) is 7. The molecule has 2 N–H and O–H groups in total. The summed E-state index contributed by atoms with van der Waals surface area (Å²) in [4.78, 5) is 38.6. The Morgan fingerprint density at radius 1 is 1.17 bits per heavy atom. The van der Waals surface area contributed by atoms with Crippen LogP contribution in [0.25, 0.3) is 11.1 Å². The molecule has 0 aliphatic carbocycles. The van der Waals surface area contributed by atoms with Crippen molar-refractivity contribution < 1.29 is 13.7 Å². The summed E-state index contributed by atoms with van der Waals surface area (Å²) in [5, 5.41) is 2.87. The predicted octanol–water partition coefficient (Wildman–Crippen LogP) is 3.43. The highest BCUT2D eigenvalue weighted by Gasteiger charge is 2.34. The monoisotopic (exact) mass is 592 g/mol. The molecule has 2 atom stereocenters. The molecule has 2 aliphatic rings. The highest BCUT2D eigenvalue weighted by Crippen LogP contribution is 2.43. The van der Waals surface area contributed by atoms with Crippen LogP contribution in [0.1, 0.15) is 53.9 Å². The summed E-state index contributed by atoms with van der Waals surface area (Å²) in [6.45, 7) is 12.1. The molecule has 2 aliphatic heterocycles. The van der Waals surface area contributed by atoms with Gasteiger partial charge in [-0.25, -0.2) is 9.19 Å². The highest BCUT2D eigenvalue weighted by molar-refractivity contribution is 7.87. The molecule has 0 radical (unpaired) electrons. The van der Waals surface area contributed by atoms with E-state index >= 15 is 0 Å². The second-order valence-electron chi connectivity index (χ2n) is 11.5. The van der Waals surface area contributed by atoms with Gasteiger partial charge in [0.2, 0.25) is 0 Å². The van der Waals surface area contributed by atoms with Gasteiger partial charge in [-0.15, -0.1) is 0 Å². The lowest BCUT2D eigenvalue weighted by atomic mass is 9.93. The summed E-state index contributed by atoms with van der Waals surface area (Å²) in [6, 6.07) is 9.70. The molecular weight excluding hydrogens is 552 g/mol. The number of hydrogen-bond donors (Lipinski definition) is 2. The number of anilines is 2. The van der Waals surface area contributed by atoms with E-state index in [2.05, 4.69) is 27.1 Å². The molecule has 0 bridgehead atoms. The largest absolute Gasteiger partial charge is 0.496 e. The van der Waals surface area contributed by atoms with Crippen LogP contribution in [0.2, 0.25) is 0 Å². The number of aryl methyl sites for hydroxylation is 1. The van der Waals surface area contributed by atoms with Gasteiger partial charge in [-0.05, 0) is 69.3 Å². The quantitative estimate of drug-likeness (QED) is 0.412. The Morgan fingerprint density at radius 3 is 2.55 bits per heavy atom. The van der Waals surface area contributed by atoms with Crippen LogP contribution < -0.4 is 24.8 Å². The number of rotatable bonds is 8. The van der Waals surface area contributed by atoms with E-state index in [1.165, 1.54) is 7.11 Å². The fraction of sp³-hybridized carbons (Fsp3) is 0.452.